The number of amides is 3. The number of nitrogens with two attached hydrogens (primary N) is 1. The number of carboxylic acid groups (broad SMARTS) is 1. The van der Waals surface area contributed by atoms with E-state index in [-0.39, 0.29) is 12.3 Å². The molecule has 6 unspecified atom stereocenters. The summed E-state index contributed by atoms with van der Waals surface area (Å²) in [7, 11) is 0. The zero-order valence-corrected chi connectivity index (χ0v) is 17.0. The average molecular weight is 420 g/mol. The molecule has 0 aromatic carbocycles. The van der Waals surface area contributed by atoms with E-state index in [1.807, 2.05) is 5.32 Å². The highest BCUT2D eigenvalue weighted by atomic mass is 16.4. The van der Waals surface area contributed by atoms with Gasteiger partial charge in [-0.15, -0.1) is 0 Å². The van der Waals surface area contributed by atoms with Crippen molar-refractivity contribution in [3.8, 4) is 0 Å². The van der Waals surface area contributed by atoms with Crippen LogP contribution in [-0.2, 0) is 19.2 Å². The van der Waals surface area contributed by atoms with E-state index in [1.165, 1.54) is 6.92 Å². The van der Waals surface area contributed by atoms with E-state index in [1.54, 1.807) is 13.8 Å². The molecule has 12 heteroatoms. The lowest BCUT2D eigenvalue weighted by Gasteiger charge is -2.26. The zero-order chi connectivity index (χ0) is 22.9. The number of aliphatic hydroxyl groups is 3. The van der Waals surface area contributed by atoms with Crippen molar-refractivity contribution < 1.29 is 39.6 Å². The van der Waals surface area contributed by atoms with Crippen LogP contribution in [0.1, 0.15) is 34.1 Å². The van der Waals surface area contributed by atoms with Crippen molar-refractivity contribution >= 4 is 23.7 Å². The summed E-state index contributed by atoms with van der Waals surface area (Å²) in [5.41, 5.74) is 5.55. The minimum Gasteiger partial charge on any atom is -0.480 e. The van der Waals surface area contributed by atoms with Crippen LogP contribution >= 0.6 is 0 Å². The Kier molecular flexibility index (Phi) is 11.3. The zero-order valence-electron chi connectivity index (χ0n) is 17.0. The highest BCUT2D eigenvalue weighted by Gasteiger charge is 2.32. The third kappa shape index (κ3) is 9.17. The quantitative estimate of drug-likeness (QED) is 0.158. The lowest BCUT2D eigenvalue weighted by molar-refractivity contribution is -0.145. The minimum absolute atomic E-state index is 0.0399. The topological polar surface area (TPSA) is 211 Å². The van der Waals surface area contributed by atoms with Gasteiger partial charge in [0.1, 0.15) is 18.1 Å². The molecule has 9 N–H and O–H groups in total. The second-order valence-electron chi connectivity index (χ2n) is 7.27. The Hall–Kier alpha value is -2.28. The van der Waals surface area contributed by atoms with Gasteiger partial charge in [0.2, 0.25) is 17.7 Å². The summed E-state index contributed by atoms with van der Waals surface area (Å²) >= 11 is 0. The first-order valence-corrected chi connectivity index (χ1v) is 9.18. The minimum atomic E-state index is -1.64. The van der Waals surface area contributed by atoms with Gasteiger partial charge in [-0.1, -0.05) is 13.8 Å². The maximum atomic E-state index is 12.5. The smallest absolute Gasteiger partial charge is 0.328 e. The van der Waals surface area contributed by atoms with Crippen molar-refractivity contribution in [1.82, 2.24) is 16.0 Å². The fourth-order valence-electron chi connectivity index (χ4n) is 2.30. The van der Waals surface area contributed by atoms with E-state index in [0.717, 1.165) is 6.92 Å². The number of hydrogen-bond acceptors (Lipinski definition) is 8. The average Bonchev–Trinajstić information content (AvgIpc) is 2.61. The third-order valence-corrected chi connectivity index (χ3v) is 4.02. The third-order valence-electron chi connectivity index (χ3n) is 4.02. The van der Waals surface area contributed by atoms with Gasteiger partial charge >= 0.3 is 5.97 Å². The Morgan fingerprint density at radius 1 is 0.828 bits per heavy atom. The van der Waals surface area contributed by atoms with E-state index in [4.69, 9.17) is 10.8 Å². The summed E-state index contributed by atoms with van der Waals surface area (Å²) in [5, 5.41) is 43.9. The number of aliphatic carboxylic acids is 1. The van der Waals surface area contributed by atoms with Gasteiger partial charge in [0, 0.05) is 0 Å². The van der Waals surface area contributed by atoms with Crippen LogP contribution in [0.2, 0.25) is 0 Å². The van der Waals surface area contributed by atoms with E-state index in [9.17, 15) is 34.5 Å². The fraction of sp³-hybridized carbons (Fsp3) is 0.765. The van der Waals surface area contributed by atoms with Crippen molar-refractivity contribution in [3.05, 3.63) is 0 Å². The second kappa shape index (κ2) is 12.3. The predicted octanol–water partition coefficient (Wildman–Crippen LogP) is -3.35. The summed E-state index contributed by atoms with van der Waals surface area (Å²) in [4.78, 5) is 47.9. The van der Waals surface area contributed by atoms with Gasteiger partial charge in [0.25, 0.3) is 0 Å². The molecule has 3 amide bonds. The van der Waals surface area contributed by atoms with E-state index >= 15 is 0 Å². The molecule has 0 aromatic heterocycles. The maximum Gasteiger partial charge on any atom is 0.328 e. The molecule has 0 aliphatic heterocycles. The Morgan fingerprint density at radius 3 is 1.69 bits per heavy atom. The standard InChI is InChI=1S/C17H32N4O8/c1-7(2)5-10(19-16(27)12(18)8(3)23)14(25)20-11(6-22)15(26)21-13(9(4)24)17(28)29/h7-13,22-24H,5-6,18H2,1-4H3,(H,19,27)(H,20,25)(H,21,26)(H,28,29). The summed E-state index contributed by atoms with van der Waals surface area (Å²) in [6.07, 6.45) is -2.39. The van der Waals surface area contributed by atoms with Crippen LogP contribution in [0, 0.1) is 5.92 Å². The fourth-order valence-corrected chi connectivity index (χ4v) is 2.30. The molecule has 12 nitrogen and oxygen atoms in total. The summed E-state index contributed by atoms with van der Waals surface area (Å²) in [6.45, 7) is 5.20. The molecule has 0 saturated carbocycles. The molecule has 6 atom stereocenters. The molecule has 0 fully saturated rings. The first-order chi connectivity index (χ1) is 13.3. The lowest BCUT2D eigenvalue weighted by Crippen LogP contribution is -2.60. The van der Waals surface area contributed by atoms with Crippen molar-refractivity contribution in [1.29, 1.82) is 0 Å². The monoisotopic (exact) mass is 420 g/mol. The number of nitrogens with one attached hydrogen (secondary N) is 3. The van der Waals surface area contributed by atoms with Crippen LogP contribution in [-0.4, -0.2) is 87.1 Å². The Morgan fingerprint density at radius 2 is 1.31 bits per heavy atom. The van der Waals surface area contributed by atoms with Crippen molar-refractivity contribution in [2.75, 3.05) is 6.61 Å². The van der Waals surface area contributed by atoms with Gasteiger partial charge in [0.05, 0.1) is 18.8 Å². The molecule has 29 heavy (non-hydrogen) atoms. The van der Waals surface area contributed by atoms with Gasteiger partial charge in [-0.05, 0) is 26.2 Å². The normalized spacial score (nSPS) is 17.4. The summed E-state index contributed by atoms with van der Waals surface area (Å²) in [6, 6.07) is -5.53. The van der Waals surface area contributed by atoms with Crippen molar-refractivity contribution in [2.45, 2.75) is 70.5 Å². The van der Waals surface area contributed by atoms with E-state index in [0.29, 0.717) is 0 Å². The predicted molar refractivity (Wildman–Crippen MR) is 101 cm³/mol. The van der Waals surface area contributed by atoms with Gasteiger partial charge in [-0.2, -0.15) is 0 Å². The molecule has 0 radical (unpaired) electrons. The van der Waals surface area contributed by atoms with Crippen LogP contribution in [0.25, 0.3) is 0 Å². The Bertz CT molecular complexity index is 582. The second-order valence-corrected chi connectivity index (χ2v) is 7.27. The molecular weight excluding hydrogens is 388 g/mol. The molecule has 168 valence electrons. The van der Waals surface area contributed by atoms with Gasteiger partial charge in [0.15, 0.2) is 6.04 Å². The number of carboxylic acids is 1. The molecule has 0 heterocycles. The molecule has 0 saturated heterocycles. The summed E-state index contributed by atoms with van der Waals surface area (Å²) in [5.74, 6) is -4.13. The number of rotatable bonds is 12. The van der Waals surface area contributed by atoms with Crippen LogP contribution in [0.15, 0.2) is 0 Å². The van der Waals surface area contributed by atoms with Gasteiger partial charge < -0.3 is 42.1 Å². The molecular formula is C17H32N4O8. The van der Waals surface area contributed by atoms with Crippen LogP contribution in [0.5, 0.6) is 0 Å². The first kappa shape index (κ1) is 26.7. The molecule has 0 bridgehead atoms. The molecule has 0 rings (SSSR count). The molecule has 0 aliphatic carbocycles. The number of carbonyl (C=O) groups is 4. The SMILES string of the molecule is CC(C)CC(NC(=O)C(N)C(C)O)C(=O)NC(CO)C(=O)NC(C(=O)O)C(C)O. The van der Waals surface area contributed by atoms with Crippen LogP contribution in [0.4, 0.5) is 0 Å². The highest BCUT2D eigenvalue weighted by Crippen LogP contribution is 2.06. The van der Waals surface area contributed by atoms with Gasteiger partial charge in [-0.3, -0.25) is 14.4 Å². The number of aliphatic hydroxyl groups excluding tert-OH is 3. The largest absolute Gasteiger partial charge is 0.480 e. The Labute approximate surface area is 168 Å². The lowest BCUT2D eigenvalue weighted by atomic mass is 10.0. The van der Waals surface area contributed by atoms with Gasteiger partial charge in [-0.25, -0.2) is 4.79 Å². The number of hydrogen-bond donors (Lipinski definition) is 8. The van der Waals surface area contributed by atoms with Crippen molar-refractivity contribution in [3.63, 3.8) is 0 Å². The van der Waals surface area contributed by atoms with Crippen LogP contribution in [0.3, 0.4) is 0 Å². The molecule has 0 aromatic rings. The maximum absolute atomic E-state index is 12.5. The molecule has 0 spiro atoms. The van der Waals surface area contributed by atoms with E-state index in [2.05, 4.69) is 10.6 Å². The van der Waals surface area contributed by atoms with Crippen molar-refractivity contribution in [2.24, 2.45) is 11.7 Å². The van der Waals surface area contributed by atoms with Crippen LogP contribution < -0.4 is 21.7 Å². The Balaban J connectivity index is 5.25. The summed E-state index contributed by atoms with van der Waals surface area (Å²) < 4.78 is 0. The highest BCUT2D eigenvalue weighted by molar-refractivity contribution is 5.94. The number of carbonyl (C=O) groups excluding carboxylic acids is 3. The van der Waals surface area contributed by atoms with E-state index < -0.39 is 66.7 Å². The first-order valence-electron chi connectivity index (χ1n) is 9.18. The molecule has 0 aliphatic rings.